The highest BCUT2D eigenvalue weighted by Gasteiger charge is 2.01. The summed E-state index contributed by atoms with van der Waals surface area (Å²) in [5, 5.41) is 7.00. The van der Waals surface area contributed by atoms with E-state index in [1.165, 1.54) is 5.56 Å². The third-order valence-corrected chi connectivity index (χ3v) is 4.05. The number of halogens is 1. The second-order valence-electron chi connectivity index (χ2n) is 5.82. The molecule has 0 saturated carbocycles. The zero-order valence-corrected chi connectivity index (χ0v) is 14.7. The summed E-state index contributed by atoms with van der Waals surface area (Å²) >= 11 is 5.94. The molecule has 0 saturated heterocycles. The minimum Gasteiger partial charge on any atom is -0.356 e. The van der Waals surface area contributed by atoms with Crippen LogP contribution in [0.2, 0.25) is 5.02 Å². The number of carbonyl (C=O) groups is 1. The molecule has 1 amide bonds. The largest absolute Gasteiger partial charge is 0.356 e. The van der Waals surface area contributed by atoms with Crippen molar-refractivity contribution in [2.45, 2.75) is 25.7 Å². The third kappa shape index (κ3) is 7.62. The van der Waals surface area contributed by atoms with Crippen LogP contribution in [0.4, 0.5) is 0 Å². The Balaban J connectivity index is 1.48. The molecule has 0 unspecified atom stereocenters. The number of benzene rings is 2. The number of carbonyl (C=O) groups excluding carboxylic acids is 1. The molecule has 0 heterocycles. The van der Waals surface area contributed by atoms with Crippen LogP contribution >= 0.6 is 11.6 Å². The Hall–Kier alpha value is -1.84. The van der Waals surface area contributed by atoms with E-state index in [4.69, 9.17) is 11.6 Å². The molecular formula is C20H25ClN2O. The molecule has 2 aromatic carbocycles. The van der Waals surface area contributed by atoms with Gasteiger partial charge in [-0.15, -0.1) is 0 Å². The van der Waals surface area contributed by atoms with Crippen LogP contribution < -0.4 is 10.6 Å². The summed E-state index contributed by atoms with van der Waals surface area (Å²) in [4.78, 5) is 11.8. The maximum Gasteiger partial charge on any atom is 0.221 e. The molecule has 2 N–H and O–H groups in total. The van der Waals surface area contributed by atoms with Crippen molar-refractivity contribution in [3.8, 4) is 0 Å². The molecule has 128 valence electrons. The van der Waals surface area contributed by atoms with E-state index < -0.39 is 0 Å². The number of nitrogens with one attached hydrogen (secondary N) is 2. The molecule has 4 heteroatoms. The van der Waals surface area contributed by atoms with Gasteiger partial charge in [0.1, 0.15) is 0 Å². The lowest BCUT2D eigenvalue weighted by atomic mass is 10.1. The maximum absolute atomic E-state index is 11.8. The van der Waals surface area contributed by atoms with Crippen molar-refractivity contribution in [3.63, 3.8) is 0 Å². The molecule has 0 aromatic heterocycles. The van der Waals surface area contributed by atoms with Crippen molar-refractivity contribution < 1.29 is 4.79 Å². The van der Waals surface area contributed by atoms with E-state index >= 15 is 0 Å². The van der Waals surface area contributed by atoms with Crippen LogP contribution in [-0.2, 0) is 17.6 Å². The fraction of sp³-hybridized carbons (Fsp3) is 0.350. The molecule has 3 nitrogen and oxygen atoms in total. The van der Waals surface area contributed by atoms with Crippen LogP contribution in [0.25, 0.3) is 0 Å². The topological polar surface area (TPSA) is 41.1 Å². The molecule has 0 spiro atoms. The predicted molar refractivity (Wildman–Crippen MR) is 100 cm³/mol. The first-order valence-electron chi connectivity index (χ1n) is 8.50. The maximum atomic E-state index is 11.8. The molecular weight excluding hydrogens is 320 g/mol. The average molecular weight is 345 g/mol. The van der Waals surface area contributed by atoms with Gasteiger partial charge in [-0.2, -0.15) is 0 Å². The monoisotopic (exact) mass is 344 g/mol. The molecule has 0 radical (unpaired) electrons. The van der Waals surface area contributed by atoms with Gasteiger partial charge in [-0.1, -0.05) is 54.1 Å². The highest BCUT2D eigenvalue weighted by molar-refractivity contribution is 6.30. The van der Waals surface area contributed by atoms with Gasteiger partial charge in [-0.05, 0) is 49.1 Å². The number of amides is 1. The van der Waals surface area contributed by atoms with Crippen molar-refractivity contribution in [1.82, 2.24) is 10.6 Å². The minimum atomic E-state index is 0.0904. The molecule has 24 heavy (non-hydrogen) atoms. The summed E-state index contributed by atoms with van der Waals surface area (Å²) in [6.07, 6.45) is 3.47. The quantitative estimate of drug-likeness (QED) is 0.646. The van der Waals surface area contributed by atoms with E-state index in [-0.39, 0.29) is 5.91 Å². The van der Waals surface area contributed by atoms with Gasteiger partial charge in [0, 0.05) is 24.5 Å². The van der Waals surface area contributed by atoms with Crippen LogP contribution in [0.5, 0.6) is 0 Å². The molecule has 0 aliphatic carbocycles. The molecule has 0 aliphatic heterocycles. The summed E-state index contributed by atoms with van der Waals surface area (Å²) in [5.41, 5.74) is 2.50. The van der Waals surface area contributed by atoms with Gasteiger partial charge in [0.05, 0.1) is 0 Å². The predicted octanol–water partition coefficient (Wildman–Crippen LogP) is 3.61. The summed E-state index contributed by atoms with van der Waals surface area (Å²) < 4.78 is 0. The third-order valence-electron chi connectivity index (χ3n) is 3.82. The summed E-state index contributed by atoms with van der Waals surface area (Å²) in [6.45, 7) is 2.30. The van der Waals surface area contributed by atoms with Gasteiger partial charge in [-0.25, -0.2) is 0 Å². The van der Waals surface area contributed by atoms with Crippen molar-refractivity contribution in [1.29, 1.82) is 0 Å². The molecule has 2 aromatic rings. The van der Waals surface area contributed by atoms with Crippen LogP contribution in [0, 0.1) is 0 Å². The smallest absolute Gasteiger partial charge is 0.221 e. The molecule has 2 rings (SSSR count). The second kappa shape index (κ2) is 10.8. The van der Waals surface area contributed by atoms with E-state index in [1.807, 2.05) is 30.3 Å². The Morgan fingerprint density at radius 1 is 0.875 bits per heavy atom. The number of hydrogen-bond donors (Lipinski definition) is 2. The highest BCUT2D eigenvalue weighted by Crippen LogP contribution is 2.10. The van der Waals surface area contributed by atoms with E-state index in [9.17, 15) is 4.79 Å². The fourth-order valence-electron chi connectivity index (χ4n) is 2.52. The first kappa shape index (κ1) is 18.5. The van der Waals surface area contributed by atoms with Crippen molar-refractivity contribution in [2.24, 2.45) is 0 Å². The Labute approximate surface area is 149 Å². The summed E-state index contributed by atoms with van der Waals surface area (Å²) in [7, 11) is 0. The van der Waals surface area contributed by atoms with E-state index in [2.05, 4.69) is 34.9 Å². The minimum absolute atomic E-state index is 0.0904. The fourth-order valence-corrected chi connectivity index (χ4v) is 2.73. The standard InChI is InChI=1S/C20H25ClN2O/c21-19-10-4-8-18(16-19)11-15-23-20(24)12-14-22-13-5-9-17-6-2-1-3-7-17/h1-4,6-8,10,16,22H,5,9,11-15H2,(H,23,24). The first-order chi connectivity index (χ1) is 11.7. The van der Waals surface area contributed by atoms with Crippen LogP contribution in [0.1, 0.15) is 24.0 Å². The van der Waals surface area contributed by atoms with Gasteiger partial charge in [-0.3, -0.25) is 4.79 Å². The van der Waals surface area contributed by atoms with Crippen molar-refractivity contribution in [3.05, 3.63) is 70.7 Å². The average Bonchev–Trinajstić information content (AvgIpc) is 2.59. The van der Waals surface area contributed by atoms with Crippen LogP contribution in [0.15, 0.2) is 54.6 Å². The number of hydrogen-bond acceptors (Lipinski definition) is 2. The Kier molecular flexibility index (Phi) is 8.36. The van der Waals surface area contributed by atoms with Crippen molar-refractivity contribution in [2.75, 3.05) is 19.6 Å². The zero-order valence-electron chi connectivity index (χ0n) is 13.9. The Morgan fingerprint density at radius 3 is 2.46 bits per heavy atom. The summed E-state index contributed by atoms with van der Waals surface area (Å²) in [5.74, 6) is 0.0904. The molecule has 0 atom stereocenters. The highest BCUT2D eigenvalue weighted by atomic mass is 35.5. The van der Waals surface area contributed by atoms with Gasteiger partial charge in [0.2, 0.25) is 5.91 Å². The van der Waals surface area contributed by atoms with E-state index in [0.29, 0.717) is 13.0 Å². The lowest BCUT2D eigenvalue weighted by molar-refractivity contribution is -0.120. The lowest BCUT2D eigenvalue weighted by Crippen LogP contribution is -2.29. The van der Waals surface area contributed by atoms with E-state index in [0.717, 1.165) is 42.9 Å². The second-order valence-corrected chi connectivity index (χ2v) is 6.26. The number of rotatable bonds is 10. The molecule has 0 bridgehead atoms. The van der Waals surface area contributed by atoms with E-state index in [1.54, 1.807) is 0 Å². The van der Waals surface area contributed by atoms with Crippen LogP contribution in [-0.4, -0.2) is 25.5 Å². The van der Waals surface area contributed by atoms with Gasteiger partial charge in [0.25, 0.3) is 0 Å². The van der Waals surface area contributed by atoms with Crippen molar-refractivity contribution >= 4 is 17.5 Å². The summed E-state index contributed by atoms with van der Waals surface area (Å²) in [6, 6.07) is 18.2. The number of aryl methyl sites for hydroxylation is 1. The normalized spacial score (nSPS) is 10.5. The lowest BCUT2D eigenvalue weighted by Gasteiger charge is -2.07. The van der Waals surface area contributed by atoms with Gasteiger partial charge >= 0.3 is 0 Å². The SMILES string of the molecule is O=C(CCNCCCc1ccccc1)NCCc1cccc(Cl)c1. The molecule has 0 fully saturated rings. The Morgan fingerprint density at radius 2 is 1.67 bits per heavy atom. The Bertz CT molecular complexity index is 616. The van der Waals surface area contributed by atoms with Gasteiger partial charge < -0.3 is 10.6 Å². The molecule has 0 aliphatic rings. The zero-order chi connectivity index (χ0) is 17.0. The van der Waals surface area contributed by atoms with Crippen LogP contribution in [0.3, 0.4) is 0 Å². The first-order valence-corrected chi connectivity index (χ1v) is 8.87. The van der Waals surface area contributed by atoms with Gasteiger partial charge in [0.15, 0.2) is 0 Å².